The normalized spacial score (nSPS) is 23.1. The average Bonchev–Trinajstić information content (AvgIpc) is 3.20. The molecule has 0 saturated carbocycles. The molecule has 1 fully saturated rings. The smallest absolute Gasteiger partial charge is 0.244 e. The van der Waals surface area contributed by atoms with E-state index < -0.39 is 0 Å². The molecule has 1 aromatic carbocycles. The maximum atomic E-state index is 12.8. The second-order valence-corrected chi connectivity index (χ2v) is 7.19. The van der Waals surface area contributed by atoms with Crippen molar-refractivity contribution in [1.29, 1.82) is 0 Å². The summed E-state index contributed by atoms with van der Waals surface area (Å²) >= 11 is 12.2. The van der Waals surface area contributed by atoms with Crippen LogP contribution in [0.1, 0.15) is 30.4 Å². The van der Waals surface area contributed by atoms with Gasteiger partial charge in [0.15, 0.2) is 0 Å². The number of rotatable bonds is 3. The molecule has 2 aromatic rings. The molecule has 2 atom stereocenters. The molecule has 4 rings (SSSR count). The van der Waals surface area contributed by atoms with Gasteiger partial charge in [-0.15, -0.1) is 0 Å². The first-order valence-electron chi connectivity index (χ1n) is 8.09. The summed E-state index contributed by atoms with van der Waals surface area (Å²) in [5, 5.41) is 4.56. The summed E-state index contributed by atoms with van der Waals surface area (Å²) in [4.78, 5) is 19.0. The molecule has 0 spiro atoms. The molecule has 24 heavy (non-hydrogen) atoms. The Kier molecular flexibility index (Phi) is 4.03. The zero-order chi connectivity index (χ0) is 16.8. The van der Waals surface area contributed by atoms with Crippen LogP contribution >= 0.6 is 23.2 Å². The van der Waals surface area contributed by atoms with Crippen LogP contribution in [-0.2, 0) is 11.3 Å². The lowest BCUT2D eigenvalue weighted by molar-refractivity contribution is -0.119. The third kappa shape index (κ3) is 2.61. The van der Waals surface area contributed by atoms with Crippen LogP contribution in [-0.4, -0.2) is 28.0 Å². The maximum absolute atomic E-state index is 12.8. The molecular weight excluding hydrogens is 347 g/mol. The topological polar surface area (TPSA) is 50.2 Å². The fourth-order valence-corrected chi connectivity index (χ4v) is 4.12. The first-order chi connectivity index (χ1) is 11.5. The second kappa shape index (κ2) is 6.06. The highest BCUT2D eigenvalue weighted by atomic mass is 35.5. The van der Waals surface area contributed by atoms with Crippen LogP contribution in [0.5, 0.6) is 0 Å². The summed E-state index contributed by atoms with van der Waals surface area (Å²) in [5.74, 6) is 1.09. The molecule has 7 heteroatoms. The van der Waals surface area contributed by atoms with Crippen LogP contribution in [0.2, 0.25) is 10.0 Å². The molecule has 2 unspecified atom stereocenters. The van der Waals surface area contributed by atoms with Gasteiger partial charge in [-0.05, 0) is 38.0 Å². The van der Waals surface area contributed by atoms with E-state index >= 15 is 0 Å². The van der Waals surface area contributed by atoms with E-state index in [1.165, 1.54) is 5.69 Å². The van der Waals surface area contributed by atoms with Crippen LogP contribution in [0.4, 0.5) is 5.69 Å². The molecule has 1 N–H and O–H groups in total. The molecule has 5 nitrogen and oxygen atoms in total. The minimum Gasteiger partial charge on any atom is -0.331 e. The maximum Gasteiger partial charge on any atom is 0.244 e. The number of halogens is 2. The Morgan fingerprint density at radius 1 is 1.21 bits per heavy atom. The number of nitrogens with one attached hydrogen (secondary N) is 1. The number of imidazole rings is 1. The van der Waals surface area contributed by atoms with Crippen molar-refractivity contribution in [2.24, 2.45) is 0 Å². The number of amides is 1. The van der Waals surface area contributed by atoms with Gasteiger partial charge in [0.25, 0.3) is 0 Å². The number of hydrogen-bond acceptors (Lipinski definition) is 3. The number of aromatic nitrogens is 2. The lowest BCUT2D eigenvalue weighted by Gasteiger charge is -2.20. The van der Waals surface area contributed by atoms with Crippen LogP contribution in [0.25, 0.3) is 0 Å². The van der Waals surface area contributed by atoms with Crippen molar-refractivity contribution >= 4 is 34.8 Å². The fraction of sp³-hybridized carbons (Fsp3) is 0.412. The summed E-state index contributed by atoms with van der Waals surface area (Å²) in [6.07, 6.45) is 3.61. The van der Waals surface area contributed by atoms with Gasteiger partial charge in [-0.2, -0.15) is 0 Å². The number of carbonyl (C=O) groups is 1. The third-order valence-electron chi connectivity index (χ3n) is 4.85. The zero-order valence-corrected chi connectivity index (χ0v) is 14.8. The molecule has 126 valence electrons. The molecule has 2 aliphatic rings. The van der Waals surface area contributed by atoms with Gasteiger partial charge in [0.05, 0.1) is 22.8 Å². The predicted molar refractivity (Wildman–Crippen MR) is 94.7 cm³/mol. The summed E-state index contributed by atoms with van der Waals surface area (Å²) in [7, 11) is 0. The van der Waals surface area contributed by atoms with E-state index in [1.807, 2.05) is 6.20 Å². The quantitative estimate of drug-likeness (QED) is 0.908. The van der Waals surface area contributed by atoms with Gasteiger partial charge in [0.1, 0.15) is 5.82 Å². The van der Waals surface area contributed by atoms with Crippen LogP contribution < -0.4 is 10.2 Å². The highest BCUT2D eigenvalue weighted by Gasteiger charge is 2.37. The van der Waals surface area contributed by atoms with E-state index in [1.54, 1.807) is 23.1 Å². The lowest BCUT2D eigenvalue weighted by Crippen LogP contribution is -2.40. The van der Waals surface area contributed by atoms with E-state index in [0.29, 0.717) is 16.6 Å². The van der Waals surface area contributed by atoms with E-state index in [0.717, 1.165) is 30.9 Å². The number of hydrogen-bond donors (Lipinski definition) is 1. The van der Waals surface area contributed by atoms with Gasteiger partial charge in [-0.1, -0.05) is 23.2 Å². The standard InChI is InChI=1S/C17H18Cl2N4O/c1-10-9-20-16-13(4-6-22(10)16)21-14-5-7-23(17(14)24)15-3-2-11(18)8-12(15)19/h2-3,8-9,13-14,21H,4-7H2,1H3. The van der Waals surface area contributed by atoms with Crippen molar-refractivity contribution in [3.63, 3.8) is 0 Å². The van der Waals surface area contributed by atoms with E-state index in [2.05, 4.69) is 21.8 Å². The van der Waals surface area contributed by atoms with Crippen LogP contribution in [0.3, 0.4) is 0 Å². The van der Waals surface area contributed by atoms with E-state index in [9.17, 15) is 4.79 Å². The Bertz CT molecular complexity index is 804. The minimum atomic E-state index is -0.203. The number of fused-ring (bicyclic) bond motifs is 1. The number of nitrogens with zero attached hydrogens (tertiary/aromatic N) is 3. The van der Waals surface area contributed by atoms with Crippen molar-refractivity contribution in [2.45, 2.75) is 38.4 Å². The van der Waals surface area contributed by atoms with Crippen LogP contribution in [0.15, 0.2) is 24.4 Å². The summed E-state index contributed by atoms with van der Waals surface area (Å²) in [6.45, 7) is 3.66. The number of benzene rings is 1. The first-order valence-corrected chi connectivity index (χ1v) is 8.84. The molecular formula is C17H18Cl2N4O. The van der Waals surface area contributed by atoms with Crippen molar-refractivity contribution in [2.75, 3.05) is 11.4 Å². The molecule has 0 aliphatic carbocycles. The molecule has 2 aliphatic heterocycles. The Labute approximate surface area is 150 Å². The number of anilines is 1. The van der Waals surface area contributed by atoms with Crippen molar-refractivity contribution < 1.29 is 4.79 Å². The van der Waals surface area contributed by atoms with E-state index in [-0.39, 0.29) is 18.0 Å². The molecule has 1 amide bonds. The van der Waals surface area contributed by atoms with E-state index in [4.69, 9.17) is 23.2 Å². The average molecular weight is 365 g/mol. The zero-order valence-electron chi connectivity index (χ0n) is 13.3. The summed E-state index contributed by atoms with van der Waals surface area (Å²) < 4.78 is 2.21. The molecule has 3 heterocycles. The van der Waals surface area contributed by atoms with Gasteiger partial charge in [-0.3, -0.25) is 10.1 Å². The molecule has 1 aromatic heterocycles. The van der Waals surface area contributed by atoms with Crippen LogP contribution in [0, 0.1) is 6.92 Å². The van der Waals surface area contributed by atoms with Gasteiger partial charge in [0.2, 0.25) is 5.91 Å². The highest BCUT2D eigenvalue weighted by Crippen LogP contribution is 2.33. The van der Waals surface area contributed by atoms with Crippen molar-refractivity contribution in [3.05, 3.63) is 46.0 Å². The van der Waals surface area contributed by atoms with Crippen molar-refractivity contribution in [3.8, 4) is 0 Å². The van der Waals surface area contributed by atoms with Gasteiger partial charge >= 0.3 is 0 Å². The third-order valence-corrected chi connectivity index (χ3v) is 5.39. The van der Waals surface area contributed by atoms with Gasteiger partial charge < -0.3 is 9.47 Å². The molecule has 1 saturated heterocycles. The lowest BCUT2D eigenvalue weighted by atomic mass is 10.1. The Balaban J connectivity index is 1.50. The highest BCUT2D eigenvalue weighted by molar-refractivity contribution is 6.36. The van der Waals surface area contributed by atoms with Gasteiger partial charge in [-0.25, -0.2) is 4.98 Å². The number of aryl methyl sites for hydroxylation is 1. The molecule has 0 bridgehead atoms. The summed E-state index contributed by atoms with van der Waals surface area (Å²) in [6, 6.07) is 5.16. The van der Waals surface area contributed by atoms with Crippen molar-refractivity contribution in [1.82, 2.24) is 14.9 Å². The van der Waals surface area contributed by atoms with Gasteiger partial charge in [0, 0.05) is 30.0 Å². The fourth-order valence-electron chi connectivity index (χ4n) is 3.61. The largest absolute Gasteiger partial charge is 0.331 e. The SMILES string of the molecule is Cc1cnc2n1CCC2NC1CCN(c2ccc(Cl)cc2Cl)C1=O. The second-order valence-electron chi connectivity index (χ2n) is 6.34. The minimum absolute atomic E-state index is 0.0564. The Hall–Kier alpha value is -1.56. The molecule has 0 radical (unpaired) electrons. The predicted octanol–water partition coefficient (Wildman–Crippen LogP) is 3.34. The number of carbonyl (C=O) groups excluding carboxylic acids is 1. The Morgan fingerprint density at radius 3 is 2.79 bits per heavy atom. The Morgan fingerprint density at radius 2 is 2.00 bits per heavy atom. The first kappa shape index (κ1) is 15.9. The summed E-state index contributed by atoms with van der Waals surface area (Å²) in [5.41, 5.74) is 1.89. The monoisotopic (exact) mass is 364 g/mol.